The van der Waals surface area contributed by atoms with Gasteiger partial charge in [0.15, 0.2) is 0 Å². The van der Waals surface area contributed by atoms with Gasteiger partial charge in [-0.2, -0.15) is 0 Å². The Hall–Kier alpha value is -6.87. The maximum absolute atomic E-state index is 11.1. The third-order valence-electron chi connectivity index (χ3n) is 11.0. The van der Waals surface area contributed by atoms with Crippen molar-refractivity contribution in [2.45, 2.75) is 19.3 Å². The summed E-state index contributed by atoms with van der Waals surface area (Å²) in [5, 5.41) is 11.1. The third kappa shape index (κ3) is 8.08. The second kappa shape index (κ2) is 17.5. The molecule has 5 heteroatoms. The van der Waals surface area contributed by atoms with Crippen molar-refractivity contribution >= 4 is 17.2 Å². The summed E-state index contributed by atoms with van der Waals surface area (Å²) in [7, 11) is 0. The van der Waals surface area contributed by atoms with Crippen LogP contribution in [0.1, 0.15) is 25.0 Å². The molecule has 294 valence electrons. The van der Waals surface area contributed by atoms with Crippen LogP contribution in [-0.4, -0.2) is 15.1 Å². The molecule has 0 aliphatic heterocycles. The van der Waals surface area contributed by atoms with Crippen LogP contribution < -0.4 is 4.90 Å². The Balaban J connectivity index is 0.00000499. The van der Waals surface area contributed by atoms with Crippen molar-refractivity contribution in [3.8, 4) is 61.6 Å². The number of phenols is 1. The first-order valence-electron chi connectivity index (χ1n) is 19.9. The number of nitrogens with zero attached hydrogens (tertiary/aromatic N) is 3. The van der Waals surface area contributed by atoms with Crippen LogP contribution >= 0.6 is 0 Å². The number of para-hydroxylation sites is 2. The van der Waals surface area contributed by atoms with Crippen LogP contribution in [0.2, 0.25) is 0 Å². The number of pyridine rings is 2. The average molecular weight is 956 g/mol. The Kier molecular flexibility index (Phi) is 11.7. The summed E-state index contributed by atoms with van der Waals surface area (Å²) in [5.41, 5.74) is 12.9. The third-order valence-corrected chi connectivity index (χ3v) is 11.0. The molecule has 0 unspecified atom stereocenters. The van der Waals surface area contributed by atoms with E-state index >= 15 is 0 Å². The maximum Gasteiger partial charge on any atom is 0.136 e. The molecule has 0 radical (unpaired) electrons. The van der Waals surface area contributed by atoms with Crippen molar-refractivity contribution in [1.29, 1.82) is 0 Å². The fourth-order valence-corrected chi connectivity index (χ4v) is 7.82. The van der Waals surface area contributed by atoms with E-state index in [0.29, 0.717) is 11.3 Å². The first-order valence-corrected chi connectivity index (χ1v) is 19.9. The van der Waals surface area contributed by atoms with Gasteiger partial charge in [-0.15, -0.1) is 29.3 Å². The molecule has 2 aromatic heterocycles. The molecule has 0 aliphatic rings. The minimum absolute atomic E-state index is 0. The molecule has 0 atom stereocenters. The second-order valence-corrected chi connectivity index (χ2v) is 15.1. The van der Waals surface area contributed by atoms with E-state index in [1.807, 2.05) is 54.7 Å². The molecule has 7 aromatic carbocycles. The van der Waals surface area contributed by atoms with Crippen LogP contribution in [0.25, 0.3) is 55.9 Å². The maximum atomic E-state index is 11.1. The predicted molar refractivity (Wildman–Crippen MR) is 243 cm³/mol. The standard InChI is InChI=1S/C55H42N3O.Pt/c1-55(2,44-26-13-6-14-27-44)45-34-43(50-36-42(39-20-7-3-8-21-39)37-51(57-50)49-28-15-16-31-52(49)59)35-46(38-45)58(53-32-17-18-33-56-53)54-47(40-22-9-4-10-23-40)29-19-30-48(54)41-24-11-5-12-25-41;/h3-34,36-38,59H,1-2H3;/q-1;. The Morgan fingerprint density at radius 2 is 1.02 bits per heavy atom. The topological polar surface area (TPSA) is 49.3 Å². The Morgan fingerprint density at radius 1 is 0.483 bits per heavy atom. The molecule has 0 amide bonds. The van der Waals surface area contributed by atoms with Gasteiger partial charge in [0.1, 0.15) is 11.6 Å². The van der Waals surface area contributed by atoms with Crippen molar-refractivity contribution in [2.24, 2.45) is 0 Å². The van der Waals surface area contributed by atoms with Gasteiger partial charge in [-0.25, -0.2) is 4.98 Å². The molecule has 2 heterocycles. The van der Waals surface area contributed by atoms with Crippen LogP contribution in [0.15, 0.2) is 212 Å². The number of rotatable bonds is 10. The number of benzene rings is 7. The fourth-order valence-electron chi connectivity index (χ4n) is 7.82. The number of phenolic OH excluding ortho intramolecular Hbond substituents is 1. The zero-order chi connectivity index (χ0) is 40.2. The van der Waals surface area contributed by atoms with Crippen LogP contribution in [0.5, 0.6) is 5.75 Å². The van der Waals surface area contributed by atoms with E-state index in [1.165, 1.54) is 5.56 Å². The largest absolute Gasteiger partial charge is 0.507 e. The smallest absolute Gasteiger partial charge is 0.136 e. The summed E-state index contributed by atoms with van der Waals surface area (Å²) in [5.74, 6) is 0.929. The summed E-state index contributed by atoms with van der Waals surface area (Å²) in [6.07, 6.45) is 1.85. The van der Waals surface area contributed by atoms with Crippen molar-refractivity contribution < 1.29 is 26.2 Å². The van der Waals surface area contributed by atoms with Crippen molar-refractivity contribution in [2.75, 3.05) is 4.90 Å². The summed E-state index contributed by atoms with van der Waals surface area (Å²) >= 11 is 0. The Labute approximate surface area is 366 Å². The number of hydrogen-bond donors (Lipinski definition) is 1. The van der Waals surface area contributed by atoms with Gasteiger partial charge in [0, 0.05) is 44.0 Å². The minimum Gasteiger partial charge on any atom is -0.507 e. The van der Waals surface area contributed by atoms with E-state index in [4.69, 9.17) is 9.97 Å². The quantitative estimate of drug-likeness (QED) is 0.139. The van der Waals surface area contributed by atoms with Gasteiger partial charge in [-0.1, -0.05) is 178 Å². The molecule has 0 saturated carbocycles. The summed E-state index contributed by atoms with van der Waals surface area (Å²) in [6.45, 7) is 4.54. The molecular weight excluding hydrogens is 914 g/mol. The van der Waals surface area contributed by atoms with Crippen molar-refractivity contribution in [3.05, 3.63) is 230 Å². The first-order chi connectivity index (χ1) is 28.9. The monoisotopic (exact) mass is 955 g/mol. The SMILES string of the molecule is CC(C)(c1ccccc1)c1cc(-c2cc(-c3ccccc3)cc(-c3ccccc3O)n2)[c-]c(N(c2ccccn2)c2c(-c3ccccc3)cccc2-c2ccccc2)c1.[Pt]. The van der Waals surface area contributed by atoms with Crippen molar-refractivity contribution in [3.63, 3.8) is 0 Å². The molecular formula is C55H42N3OPt-. The second-order valence-electron chi connectivity index (χ2n) is 15.1. The van der Waals surface area contributed by atoms with Gasteiger partial charge >= 0.3 is 0 Å². The van der Waals surface area contributed by atoms with E-state index in [-0.39, 0.29) is 26.8 Å². The van der Waals surface area contributed by atoms with Crippen LogP contribution in [0.4, 0.5) is 17.2 Å². The normalized spacial score (nSPS) is 11.1. The van der Waals surface area contributed by atoms with Gasteiger partial charge in [0.05, 0.1) is 11.4 Å². The van der Waals surface area contributed by atoms with E-state index in [1.54, 1.807) is 6.07 Å². The Morgan fingerprint density at radius 3 is 1.62 bits per heavy atom. The molecule has 0 bridgehead atoms. The number of aromatic nitrogens is 2. The van der Waals surface area contributed by atoms with Gasteiger partial charge in [0.2, 0.25) is 0 Å². The average Bonchev–Trinajstić information content (AvgIpc) is 3.30. The Bertz CT molecular complexity index is 2790. The zero-order valence-corrected chi connectivity index (χ0v) is 35.6. The number of anilines is 3. The number of hydrogen-bond acceptors (Lipinski definition) is 4. The van der Waals surface area contributed by atoms with Crippen molar-refractivity contribution in [1.82, 2.24) is 9.97 Å². The fraction of sp³-hybridized carbons (Fsp3) is 0.0545. The van der Waals surface area contributed by atoms with E-state index in [0.717, 1.165) is 67.4 Å². The molecule has 1 N–H and O–H groups in total. The number of aromatic hydroxyl groups is 1. The summed E-state index contributed by atoms with van der Waals surface area (Å²) in [6, 6.07) is 74.5. The summed E-state index contributed by atoms with van der Waals surface area (Å²) in [4.78, 5) is 12.6. The van der Waals surface area contributed by atoms with E-state index in [9.17, 15) is 5.11 Å². The summed E-state index contributed by atoms with van der Waals surface area (Å²) < 4.78 is 0. The molecule has 9 rings (SSSR count). The van der Waals surface area contributed by atoms with E-state index < -0.39 is 5.41 Å². The van der Waals surface area contributed by atoms with Crippen LogP contribution in [0, 0.1) is 6.07 Å². The molecule has 0 aliphatic carbocycles. The van der Waals surface area contributed by atoms with Gasteiger partial charge < -0.3 is 10.0 Å². The zero-order valence-electron chi connectivity index (χ0n) is 33.3. The van der Waals surface area contributed by atoms with Gasteiger partial charge in [0.25, 0.3) is 0 Å². The molecule has 0 spiro atoms. The molecule has 4 nitrogen and oxygen atoms in total. The molecule has 0 fully saturated rings. The van der Waals surface area contributed by atoms with Gasteiger partial charge in [-0.3, -0.25) is 4.98 Å². The predicted octanol–water partition coefficient (Wildman–Crippen LogP) is 14.1. The van der Waals surface area contributed by atoms with E-state index in [2.05, 4.69) is 176 Å². The molecule has 0 saturated heterocycles. The van der Waals surface area contributed by atoms with Gasteiger partial charge in [-0.05, 0) is 74.9 Å². The van der Waals surface area contributed by atoms with Crippen LogP contribution in [0.3, 0.4) is 0 Å². The molecule has 9 aromatic rings. The molecule has 60 heavy (non-hydrogen) atoms. The first kappa shape index (κ1) is 39.9. The van der Waals surface area contributed by atoms with Crippen LogP contribution in [-0.2, 0) is 26.5 Å². The minimum atomic E-state index is -0.422.